The fourth-order valence-corrected chi connectivity index (χ4v) is 2.75. The van der Waals surface area contributed by atoms with Crippen LogP contribution in [0.1, 0.15) is 19.8 Å². The van der Waals surface area contributed by atoms with Crippen molar-refractivity contribution in [2.24, 2.45) is 5.92 Å². The zero-order valence-corrected chi connectivity index (χ0v) is 11.3. The van der Waals surface area contributed by atoms with Crippen LogP contribution in [0.3, 0.4) is 0 Å². The average molecular weight is 255 g/mol. The van der Waals surface area contributed by atoms with Crippen molar-refractivity contribution in [1.82, 2.24) is 15.5 Å². The van der Waals surface area contributed by atoms with E-state index in [4.69, 9.17) is 4.74 Å². The van der Waals surface area contributed by atoms with Gasteiger partial charge in [0.05, 0.1) is 12.0 Å². The second kappa shape index (κ2) is 7.07. The van der Waals surface area contributed by atoms with Crippen molar-refractivity contribution in [2.75, 3.05) is 45.9 Å². The highest BCUT2D eigenvalue weighted by molar-refractivity contribution is 5.79. The number of rotatable bonds is 5. The number of nitrogens with one attached hydrogen (secondary N) is 2. The largest absolute Gasteiger partial charge is 0.377 e. The van der Waals surface area contributed by atoms with Crippen LogP contribution < -0.4 is 10.6 Å². The second-order valence-electron chi connectivity index (χ2n) is 5.10. The maximum atomic E-state index is 12.0. The van der Waals surface area contributed by atoms with Crippen molar-refractivity contribution in [1.29, 1.82) is 0 Å². The molecule has 18 heavy (non-hydrogen) atoms. The van der Waals surface area contributed by atoms with Crippen LogP contribution in [0.4, 0.5) is 0 Å². The van der Waals surface area contributed by atoms with Crippen LogP contribution in [0.5, 0.6) is 0 Å². The van der Waals surface area contributed by atoms with E-state index in [0.29, 0.717) is 0 Å². The Morgan fingerprint density at radius 2 is 2.22 bits per heavy atom. The van der Waals surface area contributed by atoms with Gasteiger partial charge < -0.3 is 15.4 Å². The Morgan fingerprint density at radius 3 is 2.94 bits per heavy atom. The molecule has 0 radical (unpaired) electrons. The SMILES string of the molecule is CCC1OCCC1C(=O)NCCN1CCNCC1. The molecule has 2 rings (SSSR count). The van der Waals surface area contributed by atoms with E-state index < -0.39 is 0 Å². The third-order valence-corrected chi connectivity index (χ3v) is 3.89. The van der Waals surface area contributed by atoms with Crippen molar-refractivity contribution < 1.29 is 9.53 Å². The molecule has 2 aliphatic heterocycles. The molecule has 2 atom stereocenters. The second-order valence-corrected chi connectivity index (χ2v) is 5.10. The van der Waals surface area contributed by atoms with Gasteiger partial charge in [0.2, 0.25) is 5.91 Å². The summed E-state index contributed by atoms with van der Waals surface area (Å²) in [6.45, 7) is 8.81. The Kier molecular flexibility index (Phi) is 5.41. The monoisotopic (exact) mass is 255 g/mol. The molecule has 0 aliphatic carbocycles. The van der Waals surface area contributed by atoms with Crippen LogP contribution in [0.2, 0.25) is 0 Å². The molecular weight excluding hydrogens is 230 g/mol. The molecule has 0 aromatic carbocycles. The van der Waals surface area contributed by atoms with Gasteiger partial charge in [-0.1, -0.05) is 6.92 Å². The average Bonchev–Trinajstić information content (AvgIpc) is 2.88. The molecule has 0 bridgehead atoms. The maximum Gasteiger partial charge on any atom is 0.225 e. The lowest BCUT2D eigenvalue weighted by molar-refractivity contribution is -0.126. The number of ether oxygens (including phenoxy) is 1. The molecule has 5 nitrogen and oxygen atoms in total. The van der Waals surface area contributed by atoms with E-state index in [9.17, 15) is 4.79 Å². The topological polar surface area (TPSA) is 53.6 Å². The molecule has 2 aliphatic rings. The molecule has 1 amide bonds. The van der Waals surface area contributed by atoms with Crippen LogP contribution in [0.15, 0.2) is 0 Å². The quantitative estimate of drug-likeness (QED) is 0.716. The Balaban J connectivity index is 1.64. The third kappa shape index (κ3) is 3.67. The molecule has 2 heterocycles. The normalized spacial score (nSPS) is 29.4. The van der Waals surface area contributed by atoms with Crippen LogP contribution in [0, 0.1) is 5.92 Å². The first kappa shape index (κ1) is 13.8. The molecule has 104 valence electrons. The molecular formula is C13H25N3O2. The van der Waals surface area contributed by atoms with E-state index in [1.54, 1.807) is 0 Å². The lowest BCUT2D eigenvalue weighted by Crippen LogP contribution is -2.47. The van der Waals surface area contributed by atoms with Gasteiger partial charge in [0.15, 0.2) is 0 Å². The smallest absolute Gasteiger partial charge is 0.225 e. The lowest BCUT2D eigenvalue weighted by atomic mass is 9.99. The highest BCUT2D eigenvalue weighted by Gasteiger charge is 2.32. The summed E-state index contributed by atoms with van der Waals surface area (Å²) in [5.41, 5.74) is 0. The maximum absolute atomic E-state index is 12.0. The lowest BCUT2D eigenvalue weighted by Gasteiger charge is -2.27. The Bertz CT molecular complexity index is 267. The van der Waals surface area contributed by atoms with E-state index in [-0.39, 0.29) is 17.9 Å². The van der Waals surface area contributed by atoms with Crippen LogP contribution >= 0.6 is 0 Å². The molecule has 2 N–H and O–H groups in total. The van der Waals surface area contributed by atoms with E-state index >= 15 is 0 Å². The first-order chi connectivity index (χ1) is 8.81. The van der Waals surface area contributed by atoms with E-state index in [1.165, 1.54) is 0 Å². The summed E-state index contributed by atoms with van der Waals surface area (Å²) >= 11 is 0. The van der Waals surface area contributed by atoms with Crippen LogP contribution in [-0.4, -0.2) is 62.8 Å². The van der Waals surface area contributed by atoms with Gasteiger partial charge in [-0.25, -0.2) is 0 Å². The number of carbonyl (C=O) groups excluding carboxylic acids is 1. The van der Waals surface area contributed by atoms with Gasteiger partial charge in [-0.2, -0.15) is 0 Å². The minimum atomic E-state index is 0.0676. The van der Waals surface area contributed by atoms with E-state index in [1.807, 2.05) is 0 Å². The fourth-order valence-electron chi connectivity index (χ4n) is 2.75. The van der Waals surface area contributed by atoms with Crippen molar-refractivity contribution in [3.63, 3.8) is 0 Å². The number of amides is 1. The molecule has 5 heteroatoms. The summed E-state index contributed by atoms with van der Waals surface area (Å²) in [7, 11) is 0. The predicted octanol–water partition coefficient (Wildman–Crippen LogP) is -0.177. The van der Waals surface area contributed by atoms with Crippen molar-refractivity contribution in [3.05, 3.63) is 0 Å². The number of nitrogens with zero attached hydrogens (tertiary/aromatic N) is 1. The first-order valence-electron chi connectivity index (χ1n) is 7.13. The molecule has 0 spiro atoms. The van der Waals surface area contributed by atoms with Gasteiger partial charge in [0, 0.05) is 45.9 Å². The van der Waals surface area contributed by atoms with Gasteiger partial charge >= 0.3 is 0 Å². The minimum Gasteiger partial charge on any atom is -0.377 e. The summed E-state index contributed by atoms with van der Waals surface area (Å²) in [6.07, 6.45) is 1.93. The van der Waals surface area contributed by atoms with Crippen LogP contribution in [-0.2, 0) is 9.53 Å². The summed E-state index contributed by atoms with van der Waals surface area (Å²) in [5, 5.41) is 6.38. The molecule has 0 aromatic heterocycles. The van der Waals surface area contributed by atoms with Gasteiger partial charge in [0.25, 0.3) is 0 Å². The number of piperazine rings is 1. The van der Waals surface area contributed by atoms with E-state index in [2.05, 4.69) is 22.5 Å². The molecule has 2 fully saturated rings. The van der Waals surface area contributed by atoms with Gasteiger partial charge in [-0.05, 0) is 12.8 Å². The Labute approximate surface area is 109 Å². The van der Waals surface area contributed by atoms with Crippen molar-refractivity contribution >= 4 is 5.91 Å². The molecule has 0 saturated carbocycles. The number of hydrogen-bond donors (Lipinski definition) is 2. The minimum absolute atomic E-state index is 0.0676. The van der Waals surface area contributed by atoms with Crippen LogP contribution in [0.25, 0.3) is 0 Å². The molecule has 2 unspecified atom stereocenters. The predicted molar refractivity (Wildman–Crippen MR) is 70.5 cm³/mol. The Morgan fingerprint density at radius 1 is 1.44 bits per heavy atom. The fraction of sp³-hybridized carbons (Fsp3) is 0.923. The highest BCUT2D eigenvalue weighted by atomic mass is 16.5. The number of hydrogen-bond acceptors (Lipinski definition) is 4. The van der Waals surface area contributed by atoms with E-state index in [0.717, 1.165) is 58.7 Å². The first-order valence-corrected chi connectivity index (χ1v) is 7.13. The zero-order chi connectivity index (χ0) is 12.8. The summed E-state index contributed by atoms with van der Waals surface area (Å²) in [4.78, 5) is 14.4. The number of carbonyl (C=O) groups is 1. The molecule has 0 aromatic rings. The zero-order valence-electron chi connectivity index (χ0n) is 11.3. The third-order valence-electron chi connectivity index (χ3n) is 3.89. The van der Waals surface area contributed by atoms with Gasteiger partial charge in [-0.3, -0.25) is 9.69 Å². The molecule has 2 saturated heterocycles. The standard InChI is InChI=1S/C13H25N3O2/c1-2-12-11(3-10-18-12)13(17)15-6-9-16-7-4-14-5-8-16/h11-12,14H,2-10H2,1H3,(H,15,17). The van der Waals surface area contributed by atoms with Gasteiger partial charge in [-0.15, -0.1) is 0 Å². The van der Waals surface area contributed by atoms with Gasteiger partial charge in [0.1, 0.15) is 0 Å². The van der Waals surface area contributed by atoms with Crippen molar-refractivity contribution in [3.8, 4) is 0 Å². The Hall–Kier alpha value is -0.650. The summed E-state index contributed by atoms with van der Waals surface area (Å²) in [6, 6.07) is 0. The summed E-state index contributed by atoms with van der Waals surface area (Å²) < 4.78 is 5.55. The highest BCUT2D eigenvalue weighted by Crippen LogP contribution is 2.23. The summed E-state index contributed by atoms with van der Waals surface area (Å²) in [5.74, 6) is 0.243. The van der Waals surface area contributed by atoms with Crippen molar-refractivity contribution in [2.45, 2.75) is 25.9 Å².